The van der Waals surface area contributed by atoms with Crippen molar-refractivity contribution in [3.05, 3.63) is 62.7 Å². The summed E-state index contributed by atoms with van der Waals surface area (Å²) in [5.74, 6) is -1.41. The topological polar surface area (TPSA) is 58.2 Å². The van der Waals surface area contributed by atoms with Crippen LogP contribution < -0.4 is 10.6 Å². The van der Waals surface area contributed by atoms with Gasteiger partial charge in [0.05, 0.1) is 0 Å². The minimum absolute atomic E-state index is 0.207. The van der Waals surface area contributed by atoms with Gasteiger partial charge in [0.2, 0.25) is 0 Å². The second-order valence-electron chi connectivity index (χ2n) is 4.24. The van der Waals surface area contributed by atoms with E-state index in [2.05, 4.69) is 33.2 Å². The van der Waals surface area contributed by atoms with Gasteiger partial charge in [-0.2, -0.15) is 0 Å². The van der Waals surface area contributed by atoms with Crippen LogP contribution in [0.4, 0.5) is 5.69 Å². The summed E-state index contributed by atoms with van der Waals surface area (Å²) in [6.45, 7) is 0.207. The molecule has 0 fully saturated rings. The van der Waals surface area contributed by atoms with Crippen molar-refractivity contribution in [2.24, 2.45) is 0 Å². The fourth-order valence-electron chi connectivity index (χ4n) is 1.62. The van der Waals surface area contributed by atoms with E-state index in [9.17, 15) is 9.59 Å². The molecule has 0 aliphatic rings. The van der Waals surface area contributed by atoms with Crippen molar-refractivity contribution in [3.63, 3.8) is 0 Å². The predicted octanol–water partition coefficient (Wildman–Crippen LogP) is 3.20. The van der Waals surface area contributed by atoms with Crippen molar-refractivity contribution in [2.75, 3.05) is 5.32 Å². The largest absolute Gasteiger partial charge is 0.344 e. The lowest BCUT2D eigenvalue weighted by Crippen LogP contribution is -2.35. The number of halogens is 2. The van der Waals surface area contributed by atoms with E-state index in [0.717, 1.165) is 9.13 Å². The summed E-state index contributed by atoms with van der Waals surface area (Å²) in [5, 5.41) is 5.62. The third-order valence-corrected chi connectivity index (χ3v) is 3.79. The number of nitrogens with one attached hydrogen (secondary N) is 2. The van der Waals surface area contributed by atoms with Gasteiger partial charge in [-0.3, -0.25) is 9.59 Å². The molecule has 6 heteroatoms. The standard InChI is InChI=1S/C15H12ClIN2O2/c16-13-4-2-1-3-10(13)9-18-14(20)15(21)19-12-7-5-11(17)6-8-12/h1-8H,9H2,(H,18,20)(H,19,21). The predicted molar refractivity (Wildman–Crippen MR) is 91.1 cm³/mol. The molecule has 0 saturated carbocycles. The molecule has 2 aromatic rings. The van der Waals surface area contributed by atoms with Crippen molar-refractivity contribution >= 4 is 51.7 Å². The summed E-state index contributed by atoms with van der Waals surface area (Å²) in [6, 6.07) is 14.3. The Kier molecular flexibility index (Phi) is 5.58. The first-order valence-corrected chi connectivity index (χ1v) is 7.60. The van der Waals surface area contributed by atoms with E-state index in [1.54, 1.807) is 30.3 Å². The maximum absolute atomic E-state index is 11.7. The molecule has 0 heterocycles. The Morgan fingerprint density at radius 3 is 2.33 bits per heavy atom. The van der Waals surface area contributed by atoms with E-state index in [4.69, 9.17) is 11.6 Å². The highest BCUT2D eigenvalue weighted by molar-refractivity contribution is 14.1. The van der Waals surface area contributed by atoms with Crippen LogP contribution in [0.2, 0.25) is 5.02 Å². The van der Waals surface area contributed by atoms with Crippen molar-refractivity contribution in [1.82, 2.24) is 5.32 Å². The van der Waals surface area contributed by atoms with Crippen molar-refractivity contribution in [2.45, 2.75) is 6.54 Å². The summed E-state index contributed by atoms with van der Waals surface area (Å²) in [4.78, 5) is 23.5. The molecule has 2 rings (SSSR count). The fraction of sp³-hybridized carbons (Fsp3) is 0.0667. The first kappa shape index (κ1) is 15.8. The van der Waals surface area contributed by atoms with E-state index in [1.165, 1.54) is 0 Å². The number of rotatable bonds is 3. The molecular formula is C15H12ClIN2O2. The van der Waals surface area contributed by atoms with Crippen LogP contribution in [0.15, 0.2) is 48.5 Å². The van der Waals surface area contributed by atoms with Gasteiger partial charge in [-0.15, -0.1) is 0 Å². The summed E-state index contributed by atoms with van der Waals surface area (Å²) in [5.41, 5.74) is 1.34. The highest BCUT2D eigenvalue weighted by Gasteiger charge is 2.13. The van der Waals surface area contributed by atoms with Crippen molar-refractivity contribution in [3.8, 4) is 0 Å². The van der Waals surface area contributed by atoms with Gasteiger partial charge >= 0.3 is 11.8 Å². The molecule has 4 nitrogen and oxygen atoms in total. The van der Waals surface area contributed by atoms with Gasteiger partial charge in [0.15, 0.2) is 0 Å². The molecule has 0 unspecified atom stereocenters. The number of amides is 2. The Bertz CT molecular complexity index is 659. The number of hydrogen-bond acceptors (Lipinski definition) is 2. The van der Waals surface area contributed by atoms with Gasteiger partial charge in [0.1, 0.15) is 0 Å². The lowest BCUT2D eigenvalue weighted by molar-refractivity contribution is -0.136. The van der Waals surface area contributed by atoms with E-state index in [1.807, 2.05) is 18.2 Å². The lowest BCUT2D eigenvalue weighted by Gasteiger charge is -2.07. The molecule has 2 N–H and O–H groups in total. The number of carbonyl (C=O) groups is 2. The summed E-state index contributed by atoms with van der Waals surface area (Å²) >= 11 is 8.14. The number of anilines is 1. The Hall–Kier alpha value is -1.60. The van der Waals surface area contributed by atoms with E-state index in [-0.39, 0.29) is 6.54 Å². The minimum atomic E-state index is -0.705. The second kappa shape index (κ2) is 7.42. The first-order chi connectivity index (χ1) is 10.1. The zero-order valence-electron chi connectivity index (χ0n) is 10.9. The van der Waals surface area contributed by atoms with Gasteiger partial charge in [0, 0.05) is 20.8 Å². The smallest absolute Gasteiger partial charge is 0.313 e. The van der Waals surface area contributed by atoms with Crippen LogP contribution in [-0.4, -0.2) is 11.8 Å². The van der Waals surface area contributed by atoms with E-state index in [0.29, 0.717) is 10.7 Å². The maximum Gasteiger partial charge on any atom is 0.313 e. The van der Waals surface area contributed by atoms with Crippen LogP contribution in [0.5, 0.6) is 0 Å². The second-order valence-corrected chi connectivity index (χ2v) is 5.89. The zero-order valence-corrected chi connectivity index (χ0v) is 13.8. The molecule has 0 spiro atoms. The molecule has 0 aromatic heterocycles. The summed E-state index contributed by atoms with van der Waals surface area (Å²) in [6.07, 6.45) is 0. The SMILES string of the molecule is O=C(NCc1ccccc1Cl)C(=O)Nc1ccc(I)cc1. The average Bonchev–Trinajstić information content (AvgIpc) is 2.48. The molecule has 0 bridgehead atoms. The normalized spacial score (nSPS) is 10.0. The van der Waals surface area contributed by atoms with E-state index < -0.39 is 11.8 Å². The maximum atomic E-state index is 11.7. The Morgan fingerprint density at radius 2 is 1.67 bits per heavy atom. The first-order valence-electron chi connectivity index (χ1n) is 6.14. The average molecular weight is 415 g/mol. The molecule has 0 atom stereocenters. The summed E-state index contributed by atoms with van der Waals surface area (Å²) in [7, 11) is 0. The number of benzene rings is 2. The Labute approximate surface area is 141 Å². The minimum Gasteiger partial charge on any atom is -0.344 e. The molecule has 21 heavy (non-hydrogen) atoms. The third kappa shape index (κ3) is 4.71. The summed E-state index contributed by atoms with van der Waals surface area (Å²) < 4.78 is 1.05. The van der Waals surface area contributed by atoms with Gasteiger partial charge < -0.3 is 10.6 Å². The van der Waals surface area contributed by atoms with E-state index >= 15 is 0 Å². The van der Waals surface area contributed by atoms with Gasteiger partial charge in [0.25, 0.3) is 0 Å². The Balaban J connectivity index is 1.90. The number of carbonyl (C=O) groups excluding carboxylic acids is 2. The molecule has 0 radical (unpaired) electrons. The van der Waals surface area contributed by atoms with Gasteiger partial charge in [-0.25, -0.2) is 0 Å². The monoisotopic (exact) mass is 414 g/mol. The van der Waals surface area contributed by atoms with Crippen LogP contribution in [-0.2, 0) is 16.1 Å². The van der Waals surface area contributed by atoms with Crippen LogP contribution >= 0.6 is 34.2 Å². The van der Waals surface area contributed by atoms with Crippen LogP contribution in [0.25, 0.3) is 0 Å². The quantitative estimate of drug-likeness (QED) is 0.599. The van der Waals surface area contributed by atoms with Crippen LogP contribution in [0.3, 0.4) is 0 Å². The fourth-order valence-corrected chi connectivity index (χ4v) is 2.18. The zero-order chi connectivity index (χ0) is 15.2. The third-order valence-electron chi connectivity index (χ3n) is 2.71. The molecule has 2 aromatic carbocycles. The van der Waals surface area contributed by atoms with Crippen molar-refractivity contribution < 1.29 is 9.59 Å². The molecule has 0 saturated heterocycles. The Morgan fingerprint density at radius 1 is 1.00 bits per heavy atom. The molecule has 108 valence electrons. The van der Waals surface area contributed by atoms with Crippen LogP contribution in [0.1, 0.15) is 5.56 Å². The molecular weight excluding hydrogens is 403 g/mol. The molecule has 2 amide bonds. The van der Waals surface area contributed by atoms with Crippen molar-refractivity contribution in [1.29, 1.82) is 0 Å². The van der Waals surface area contributed by atoms with Gasteiger partial charge in [-0.1, -0.05) is 29.8 Å². The number of hydrogen-bond donors (Lipinski definition) is 2. The lowest BCUT2D eigenvalue weighted by atomic mass is 10.2. The van der Waals surface area contributed by atoms with Gasteiger partial charge in [-0.05, 0) is 58.5 Å². The highest BCUT2D eigenvalue weighted by Crippen LogP contribution is 2.14. The van der Waals surface area contributed by atoms with Crippen LogP contribution in [0, 0.1) is 3.57 Å². The molecule has 0 aliphatic carbocycles. The highest BCUT2D eigenvalue weighted by atomic mass is 127. The molecule has 0 aliphatic heterocycles.